The van der Waals surface area contributed by atoms with Crippen molar-refractivity contribution in [2.75, 3.05) is 52.5 Å². The summed E-state index contributed by atoms with van der Waals surface area (Å²) in [6.45, 7) is 11.1. The van der Waals surface area contributed by atoms with E-state index in [1.165, 1.54) is 0 Å². The van der Waals surface area contributed by atoms with E-state index in [4.69, 9.17) is 20.3 Å². The van der Waals surface area contributed by atoms with Crippen LogP contribution in [-0.4, -0.2) is 86.0 Å². The third-order valence-electron chi connectivity index (χ3n) is 6.02. The van der Waals surface area contributed by atoms with Gasteiger partial charge in [-0.3, -0.25) is 9.79 Å². The number of ether oxygens (including phenoxy) is 2. The largest absolute Gasteiger partial charge is 0.481 e. The Bertz CT molecular complexity index is 1050. The van der Waals surface area contributed by atoms with Crippen LogP contribution in [0.2, 0.25) is 0 Å². The summed E-state index contributed by atoms with van der Waals surface area (Å²) in [4.78, 5) is 23.8. The Labute approximate surface area is 219 Å². The second-order valence-electron chi connectivity index (χ2n) is 8.76. The van der Waals surface area contributed by atoms with Crippen molar-refractivity contribution in [3.05, 3.63) is 83.6 Å². The van der Waals surface area contributed by atoms with E-state index in [0.717, 1.165) is 31.8 Å². The number of rotatable bonds is 9. The number of aliphatic imine (C=N–C) groups is 2. The molecule has 1 aliphatic carbocycles. The van der Waals surface area contributed by atoms with E-state index < -0.39 is 5.97 Å². The zero-order chi connectivity index (χ0) is 26.5. The van der Waals surface area contributed by atoms with Gasteiger partial charge in [0, 0.05) is 63.0 Å². The van der Waals surface area contributed by atoms with Crippen molar-refractivity contribution < 1.29 is 19.4 Å². The van der Waals surface area contributed by atoms with E-state index in [1.807, 2.05) is 43.4 Å². The standard InChI is InChI=1S/C28H37N5O4/c1-3-31-27(19-26(30-2)33-14-16-36-17-15-33)37-25-11-10-22(8-6-4-5-7-9-24(29)18-25)23-20-32(21-23)13-12-28(34)35/h4-11,18-19,23H,2-3,12-17,20-21,29H2,1H3,(H,34,35)/b5-4?,6-4+,7-5+,8-6?,9-7?,11-10?,22-8+,22-10?,24-9+,24-18?,25-11?,25-18?,26-19+,31-27?. The predicted molar refractivity (Wildman–Crippen MR) is 147 cm³/mol. The van der Waals surface area contributed by atoms with Gasteiger partial charge in [0.05, 0.1) is 19.6 Å². The minimum atomic E-state index is -0.775. The number of nitrogens with zero attached hydrogens (tertiary/aromatic N) is 4. The number of aliphatic carboxylic acids is 1. The monoisotopic (exact) mass is 507 g/mol. The smallest absolute Gasteiger partial charge is 0.304 e. The van der Waals surface area contributed by atoms with Gasteiger partial charge >= 0.3 is 5.97 Å². The number of carboxylic acids is 1. The summed E-state index contributed by atoms with van der Waals surface area (Å²) in [5.41, 5.74) is 7.89. The van der Waals surface area contributed by atoms with Crippen LogP contribution < -0.4 is 5.73 Å². The van der Waals surface area contributed by atoms with E-state index in [-0.39, 0.29) is 6.42 Å². The molecular formula is C28H37N5O4. The molecule has 3 rings (SSSR count). The van der Waals surface area contributed by atoms with Gasteiger partial charge in [-0.1, -0.05) is 36.5 Å². The Balaban J connectivity index is 1.81. The average Bonchev–Trinajstić information content (AvgIpc) is 2.85. The first-order valence-corrected chi connectivity index (χ1v) is 12.6. The van der Waals surface area contributed by atoms with Crippen molar-refractivity contribution >= 4 is 18.6 Å². The van der Waals surface area contributed by atoms with E-state index in [2.05, 4.69) is 32.6 Å². The van der Waals surface area contributed by atoms with Crippen molar-refractivity contribution in [2.45, 2.75) is 13.3 Å². The number of hydrogen-bond acceptors (Lipinski definition) is 8. The zero-order valence-electron chi connectivity index (χ0n) is 21.5. The molecule has 2 fully saturated rings. The van der Waals surface area contributed by atoms with Crippen molar-refractivity contribution in [3.8, 4) is 0 Å². The fourth-order valence-electron chi connectivity index (χ4n) is 4.03. The van der Waals surface area contributed by atoms with Crippen molar-refractivity contribution in [3.63, 3.8) is 0 Å². The molecule has 3 aliphatic rings. The summed E-state index contributed by atoms with van der Waals surface area (Å²) in [6.07, 6.45) is 19.2. The third-order valence-corrected chi connectivity index (χ3v) is 6.02. The van der Waals surface area contributed by atoms with Crippen LogP contribution in [0.5, 0.6) is 0 Å². The quantitative estimate of drug-likeness (QED) is 0.364. The van der Waals surface area contributed by atoms with Gasteiger partial charge in [0.1, 0.15) is 11.6 Å². The number of nitrogens with two attached hydrogens (primary N) is 1. The summed E-state index contributed by atoms with van der Waals surface area (Å²) in [5, 5.41) is 8.95. The fourth-order valence-corrected chi connectivity index (χ4v) is 4.03. The topological polar surface area (TPSA) is 113 Å². The number of carboxylic acid groups (broad SMARTS) is 1. The first-order valence-electron chi connectivity index (χ1n) is 12.6. The van der Waals surface area contributed by atoms with Crippen molar-refractivity contribution in [1.29, 1.82) is 0 Å². The van der Waals surface area contributed by atoms with Gasteiger partial charge in [-0.2, -0.15) is 0 Å². The van der Waals surface area contributed by atoms with E-state index in [1.54, 1.807) is 18.2 Å². The van der Waals surface area contributed by atoms with Crippen molar-refractivity contribution in [1.82, 2.24) is 9.80 Å². The molecule has 9 nitrogen and oxygen atoms in total. The molecule has 0 aromatic heterocycles. The Morgan fingerprint density at radius 2 is 1.95 bits per heavy atom. The van der Waals surface area contributed by atoms with Gasteiger partial charge < -0.3 is 30.1 Å². The maximum absolute atomic E-state index is 10.9. The molecule has 0 amide bonds. The normalized spacial score (nSPS) is 24.8. The van der Waals surface area contributed by atoms with Crippen LogP contribution in [0.25, 0.3) is 0 Å². The van der Waals surface area contributed by atoms with Gasteiger partial charge in [-0.05, 0) is 31.4 Å². The highest BCUT2D eigenvalue weighted by molar-refractivity contribution is 5.89. The molecule has 0 bridgehead atoms. The minimum absolute atomic E-state index is 0.151. The van der Waals surface area contributed by atoms with E-state index >= 15 is 0 Å². The summed E-state index contributed by atoms with van der Waals surface area (Å²) in [6, 6.07) is 0. The SMILES string of the molecule is C=N/C(=C\C(=NCC)OC1=C\C(N)=C/C=C/C=C/C=C(/C2CN(CCC(=O)O)C2)C=C1)N1CCOCC1. The molecule has 9 heteroatoms. The van der Waals surface area contributed by atoms with Crippen molar-refractivity contribution in [2.24, 2.45) is 21.6 Å². The molecule has 0 atom stereocenters. The molecule has 3 N–H and O–H groups in total. The number of morpholine rings is 1. The van der Waals surface area contributed by atoms with Crippen LogP contribution >= 0.6 is 0 Å². The third kappa shape index (κ3) is 9.36. The molecule has 2 saturated heterocycles. The van der Waals surface area contributed by atoms with Crippen LogP contribution in [0.4, 0.5) is 0 Å². The van der Waals surface area contributed by atoms with Crippen LogP contribution in [0.15, 0.2) is 93.6 Å². The molecule has 0 aromatic rings. The number of allylic oxidation sites excluding steroid dienone is 9. The molecular weight excluding hydrogens is 470 g/mol. The molecule has 37 heavy (non-hydrogen) atoms. The highest BCUT2D eigenvalue weighted by Gasteiger charge is 2.28. The molecule has 198 valence electrons. The Morgan fingerprint density at radius 1 is 1.22 bits per heavy atom. The van der Waals surface area contributed by atoms with E-state index in [0.29, 0.717) is 55.4 Å². The summed E-state index contributed by atoms with van der Waals surface area (Å²) < 4.78 is 11.7. The highest BCUT2D eigenvalue weighted by atomic mass is 16.5. The van der Waals surface area contributed by atoms with Gasteiger partial charge in [0.15, 0.2) is 0 Å². The predicted octanol–water partition coefficient (Wildman–Crippen LogP) is 3.04. The Morgan fingerprint density at radius 3 is 2.62 bits per heavy atom. The second-order valence-corrected chi connectivity index (χ2v) is 8.76. The van der Waals surface area contributed by atoms with Crippen LogP contribution in [0, 0.1) is 5.92 Å². The van der Waals surface area contributed by atoms with Gasteiger partial charge in [0.2, 0.25) is 5.90 Å². The summed E-state index contributed by atoms with van der Waals surface area (Å²) in [7, 11) is 0. The highest BCUT2D eigenvalue weighted by Crippen LogP contribution is 2.26. The molecule has 2 heterocycles. The lowest BCUT2D eigenvalue weighted by atomic mass is 9.90. The van der Waals surface area contributed by atoms with Crippen LogP contribution in [0.3, 0.4) is 0 Å². The number of hydrogen-bond donors (Lipinski definition) is 2. The van der Waals surface area contributed by atoms with Crippen LogP contribution in [-0.2, 0) is 14.3 Å². The average molecular weight is 508 g/mol. The maximum atomic E-state index is 10.9. The van der Waals surface area contributed by atoms with Gasteiger partial charge in [0.25, 0.3) is 0 Å². The molecule has 0 aromatic carbocycles. The van der Waals surface area contributed by atoms with Gasteiger partial charge in [-0.25, -0.2) is 4.99 Å². The lowest BCUT2D eigenvalue weighted by Gasteiger charge is -2.39. The van der Waals surface area contributed by atoms with Crippen LogP contribution in [0.1, 0.15) is 13.3 Å². The second kappa shape index (κ2) is 14.8. The van der Waals surface area contributed by atoms with Gasteiger partial charge in [-0.15, -0.1) is 0 Å². The summed E-state index contributed by atoms with van der Waals surface area (Å²) >= 11 is 0. The first kappa shape index (κ1) is 27.9. The van der Waals surface area contributed by atoms with E-state index in [9.17, 15) is 4.79 Å². The zero-order valence-corrected chi connectivity index (χ0v) is 21.5. The first-order chi connectivity index (χ1) is 18.0. The Hall–Kier alpha value is -3.69. The molecule has 0 spiro atoms. The minimum Gasteiger partial charge on any atom is -0.481 e. The lowest BCUT2D eigenvalue weighted by Crippen LogP contribution is -2.47. The summed E-state index contributed by atoms with van der Waals surface area (Å²) in [5.74, 6) is 1.16. The molecule has 0 unspecified atom stereocenters. The fraction of sp³-hybridized carbons (Fsp3) is 0.393. The maximum Gasteiger partial charge on any atom is 0.304 e. The molecule has 0 radical (unpaired) electrons. The molecule has 2 aliphatic heterocycles. The Kier molecular flexibility index (Phi) is 11.1. The lowest BCUT2D eigenvalue weighted by molar-refractivity contribution is -0.137. The molecule has 0 saturated carbocycles. The number of carbonyl (C=O) groups is 1. The number of likely N-dealkylation sites (tertiary alicyclic amines) is 1.